The van der Waals surface area contributed by atoms with E-state index in [1.165, 1.54) is 12.8 Å². The summed E-state index contributed by atoms with van der Waals surface area (Å²) in [6.07, 6.45) is 3.93. The summed E-state index contributed by atoms with van der Waals surface area (Å²) in [6.45, 7) is 0.237. The van der Waals surface area contributed by atoms with Crippen LogP contribution in [0, 0.1) is 0 Å². The van der Waals surface area contributed by atoms with Crippen molar-refractivity contribution in [2.75, 3.05) is 13.9 Å². The van der Waals surface area contributed by atoms with Crippen molar-refractivity contribution in [3.05, 3.63) is 48.0 Å². The van der Waals surface area contributed by atoms with Gasteiger partial charge >= 0.3 is 0 Å². The van der Waals surface area contributed by atoms with E-state index >= 15 is 0 Å². The van der Waals surface area contributed by atoms with Crippen molar-refractivity contribution in [2.45, 2.75) is 43.9 Å². The molecule has 2 fully saturated rings. The van der Waals surface area contributed by atoms with Crippen LogP contribution in [0.4, 0.5) is 0 Å². The number of β-lactam (4-membered cyclic amide) rings is 1. The van der Waals surface area contributed by atoms with Gasteiger partial charge in [-0.15, -0.1) is 0 Å². The number of rotatable bonds is 5. The fraction of sp³-hybridized carbons (Fsp3) is 0.409. The number of benzene rings is 2. The SMILES string of the molecule is COc1ccc(O[C@@H]2C(=O)N(C3CCCC3)[C@H]2c2ccc3c(c2)OCO3)cc1. The highest BCUT2D eigenvalue weighted by Crippen LogP contribution is 2.45. The van der Waals surface area contributed by atoms with Gasteiger partial charge in [-0.2, -0.15) is 0 Å². The Morgan fingerprint density at radius 2 is 1.68 bits per heavy atom. The summed E-state index contributed by atoms with van der Waals surface area (Å²) in [5.74, 6) is 2.95. The summed E-state index contributed by atoms with van der Waals surface area (Å²) >= 11 is 0. The zero-order valence-electron chi connectivity index (χ0n) is 15.8. The number of ether oxygens (including phenoxy) is 4. The van der Waals surface area contributed by atoms with Gasteiger partial charge in [0.2, 0.25) is 12.9 Å². The van der Waals surface area contributed by atoms with Crippen molar-refractivity contribution in [1.82, 2.24) is 4.90 Å². The molecule has 2 aromatic rings. The van der Waals surface area contributed by atoms with Gasteiger partial charge in [-0.05, 0) is 54.8 Å². The lowest BCUT2D eigenvalue weighted by atomic mass is 9.87. The third kappa shape index (κ3) is 2.84. The maximum atomic E-state index is 13.0. The first-order chi connectivity index (χ1) is 13.7. The highest BCUT2D eigenvalue weighted by molar-refractivity contribution is 5.89. The number of methoxy groups -OCH3 is 1. The van der Waals surface area contributed by atoms with Gasteiger partial charge in [0.1, 0.15) is 17.5 Å². The highest BCUT2D eigenvalue weighted by Gasteiger charge is 2.53. The standard InChI is InChI=1S/C22H23NO5/c1-25-16-7-9-17(10-8-16)28-21-20(23(22(21)24)15-4-2-3-5-15)14-6-11-18-19(12-14)27-13-26-18/h6-12,15,20-21H,2-5,13H2,1H3/t20-,21-/m0/s1. The van der Waals surface area contributed by atoms with E-state index in [-0.39, 0.29) is 18.7 Å². The average Bonchev–Trinajstić information content (AvgIpc) is 3.41. The summed E-state index contributed by atoms with van der Waals surface area (Å²) in [5.41, 5.74) is 1.02. The Labute approximate surface area is 163 Å². The van der Waals surface area contributed by atoms with Crippen LogP contribution in [0.1, 0.15) is 37.3 Å². The predicted octanol–water partition coefficient (Wildman–Crippen LogP) is 3.70. The van der Waals surface area contributed by atoms with Crippen LogP contribution >= 0.6 is 0 Å². The molecule has 0 N–H and O–H groups in total. The van der Waals surface area contributed by atoms with Gasteiger partial charge in [0, 0.05) is 6.04 Å². The Morgan fingerprint density at radius 1 is 0.964 bits per heavy atom. The molecule has 3 aliphatic rings. The molecule has 6 nitrogen and oxygen atoms in total. The zero-order valence-corrected chi connectivity index (χ0v) is 15.8. The molecule has 1 aliphatic carbocycles. The topological polar surface area (TPSA) is 57.2 Å². The van der Waals surface area contributed by atoms with Crippen molar-refractivity contribution in [2.24, 2.45) is 0 Å². The van der Waals surface area contributed by atoms with E-state index in [0.717, 1.165) is 35.7 Å². The van der Waals surface area contributed by atoms with Gasteiger partial charge < -0.3 is 23.8 Å². The molecule has 0 bridgehead atoms. The Hall–Kier alpha value is -2.89. The van der Waals surface area contributed by atoms with Crippen LogP contribution < -0.4 is 18.9 Å². The summed E-state index contributed by atoms with van der Waals surface area (Å²) in [7, 11) is 1.63. The lowest BCUT2D eigenvalue weighted by Crippen LogP contribution is -2.64. The maximum Gasteiger partial charge on any atom is 0.267 e. The summed E-state index contributed by atoms with van der Waals surface area (Å²) in [4.78, 5) is 15.0. The van der Waals surface area contributed by atoms with Crippen LogP contribution in [0.15, 0.2) is 42.5 Å². The molecule has 2 heterocycles. The van der Waals surface area contributed by atoms with Crippen LogP contribution in [-0.2, 0) is 4.79 Å². The summed E-state index contributed by atoms with van der Waals surface area (Å²) in [6, 6.07) is 13.4. The quantitative estimate of drug-likeness (QED) is 0.739. The first-order valence-electron chi connectivity index (χ1n) is 9.77. The Morgan fingerprint density at radius 3 is 2.43 bits per heavy atom. The minimum absolute atomic E-state index is 0.0605. The maximum absolute atomic E-state index is 13.0. The average molecular weight is 381 g/mol. The minimum Gasteiger partial charge on any atom is -0.497 e. The van der Waals surface area contributed by atoms with E-state index < -0.39 is 6.10 Å². The Balaban J connectivity index is 1.43. The number of hydrogen-bond donors (Lipinski definition) is 0. The Bertz CT molecular complexity index is 875. The Kier molecular flexibility index (Phi) is 4.26. The zero-order chi connectivity index (χ0) is 19.1. The van der Waals surface area contributed by atoms with Gasteiger partial charge in [-0.25, -0.2) is 0 Å². The van der Waals surface area contributed by atoms with E-state index in [9.17, 15) is 4.79 Å². The smallest absolute Gasteiger partial charge is 0.267 e. The van der Waals surface area contributed by atoms with Crippen molar-refractivity contribution < 1.29 is 23.7 Å². The molecule has 6 heteroatoms. The highest BCUT2D eigenvalue weighted by atomic mass is 16.7. The van der Waals surface area contributed by atoms with Gasteiger partial charge in [0.25, 0.3) is 5.91 Å². The molecule has 0 unspecified atom stereocenters. The third-order valence-electron chi connectivity index (χ3n) is 5.86. The van der Waals surface area contributed by atoms with Gasteiger partial charge in [-0.3, -0.25) is 4.79 Å². The second-order valence-electron chi connectivity index (χ2n) is 7.46. The van der Waals surface area contributed by atoms with Gasteiger partial charge in [0.05, 0.1) is 7.11 Å². The molecule has 0 spiro atoms. The molecule has 2 aliphatic heterocycles. The number of amides is 1. The first kappa shape index (κ1) is 17.2. The van der Waals surface area contributed by atoms with Crippen molar-refractivity contribution in [1.29, 1.82) is 0 Å². The van der Waals surface area contributed by atoms with Gasteiger partial charge in [0.15, 0.2) is 11.5 Å². The minimum atomic E-state index is -0.533. The van der Waals surface area contributed by atoms with Gasteiger partial charge in [-0.1, -0.05) is 18.9 Å². The molecule has 1 amide bonds. The molecule has 2 aromatic carbocycles. The second-order valence-corrected chi connectivity index (χ2v) is 7.46. The molecular formula is C22H23NO5. The molecule has 0 aromatic heterocycles. The normalized spacial score (nSPS) is 23.6. The molecule has 1 saturated carbocycles. The van der Waals surface area contributed by atoms with Crippen LogP contribution in [0.3, 0.4) is 0 Å². The lowest BCUT2D eigenvalue weighted by Gasteiger charge is -2.50. The fourth-order valence-corrected chi connectivity index (χ4v) is 4.42. The van der Waals surface area contributed by atoms with Crippen molar-refractivity contribution in [3.63, 3.8) is 0 Å². The molecular weight excluding hydrogens is 358 g/mol. The summed E-state index contributed by atoms with van der Waals surface area (Å²) in [5, 5.41) is 0. The number of likely N-dealkylation sites (tertiary alicyclic amines) is 1. The van der Waals surface area contributed by atoms with Crippen molar-refractivity contribution in [3.8, 4) is 23.0 Å². The van der Waals surface area contributed by atoms with E-state index in [1.54, 1.807) is 7.11 Å². The number of carbonyl (C=O) groups is 1. The lowest BCUT2D eigenvalue weighted by molar-refractivity contribution is -0.169. The molecule has 28 heavy (non-hydrogen) atoms. The molecule has 2 atom stereocenters. The third-order valence-corrected chi connectivity index (χ3v) is 5.86. The van der Waals surface area contributed by atoms with Crippen LogP contribution in [0.25, 0.3) is 0 Å². The fourth-order valence-electron chi connectivity index (χ4n) is 4.42. The largest absolute Gasteiger partial charge is 0.497 e. The summed E-state index contributed by atoms with van der Waals surface area (Å²) < 4.78 is 22.3. The van der Waals surface area contributed by atoms with E-state index in [1.807, 2.05) is 47.4 Å². The van der Waals surface area contributed by atoms with E-state index in [0.29, 0.717) is 11.8 Å². The van der Waals surface area contributed by atoms with Crippen molar-refractivity contribution >= 4 is 5.91 Å². The van der Waals surface area contributed by atoms with Crippen LogP contribution in [0.5, 0.6) is 23.0 Å². The molecule has 1 saturated heterocycles. The number of nitrogens with zero attached hydrogens (tertiary/aromatic N) is 1. The van der Waals surface area contributed by atoms with E-state index in [2.05, 4.69) is 0 Å². The second kappa shape index (κ2) is 6.93. The number of fused-ring (bicyclic) bond motifs is 1. The monoisotopic (exact) mass is 381 g/mol. The number of carbonyl (C=O) groups excluding carboxylic acids is 1. The first-order valence-corrected chi connectivity index (χ1v) is 9.77. The molecule has 5 rings (SSSR count). The molecule has 0 radical (unpaired) electrons. The predicted molar refractivity (Wildman–Crippen MR) is 102 cm³/mol. The number of hydrogen-bond acceptors (Lipinski definition) is 5. The van der Waals surface area contributed by atoms with Crippen LogP contribution in [-0.4, -0.2) is 36.9 Å². The van der Waals surface area contributed by atoms with Crippen LogP contribution in [0.2, 0.25) is 0 Å². The molecule has 146 valence electrons. The van der Waals surface area contributed by atoms with E-state index in [4.69, 9.17) is 18.9 Å².